The van der Waals surface area contributed by atoms with E-state index < -0.39 is 5.54 Å². The molecule has 0 aliphatic carbocycles. The Bertz CT molecular complexity index is 563. The highest BCUT2D eigenvalue weighted by molar-refractivity contribution is 5.89. The van der Waals surface area contributed by atoms with Crippen LogP contribution in [0.3, 0.4) is 0 Å². The molecule has 0 unspecified atom stereocenters. The molecule has 6 heteroatoms. The molecule has 3 N–H and O–H groups in total. The van der Waals surface area contributed by atoms with Crippen LogP contribution in [0.1, 0.15) is 41.7 Å². The zero-order valence-electron chi connectivity index (χ0n) is 14.0. The third-order valence-electron chi connectivity index (χ3n) is 4.51. The van der Waals surface area contributed by atoms with Gasteiger partial charge in [0.15, 0.2) is 0 Å². The summed E-state index contributed by atoms with van der Waals surface area (Å²) >= 11 is 0. The number of hydrogen-bond donors (Lipinski definition) is 2. The van der Waals surface area contributed by atoms with Gasteiger partial charge >= 0.3 is 5.97 Å². The van der Waals surface area contributed by atoms with Gasteiger partial charge in [0, 0.05) is 13.1 Å². The van der Waals surface area contributed by atoms with Gasteiger partial charge in [0.05, 0.1) is 24.3 Å². The predicted octanol–water partition coefficient (Wildman–Crippen LogP) is 1.07. The van der Waals surface area contributed by atoms with Crippen LogP contribution < -0.4 is 11.1 Å². The number of carbonyl (C=O) groups excluding carboxylic acids is 2. The second-order valence-corrected chi connectivity index (χ2v) is 6.27. The van der Waals surface area contributed by atoms with Gasteiger partial charge in [-0.3, -0.25) is 4.79 Å². The van der Waals surface area contributed by atoms with Crippen LogP contribution in [0.15, 0.2) is 24.3 Å². The van der Waals surface area contributed by atoms with Gasteiger partial charge in [-0.2, -0.15) is 0 Å². The van der Waals surface area contributed by atoms with E-state index >= 15 is 0 Å². The summed E-state index contributed by atoms with van der Waals surface area (Å²) in [6.07, 6.45) is 1.31. The summed E-state index contributed by atoms with van der Waals surface area (Å²) in [5, 5.41) is 2.99. The first-order valence-electron chi connectivity index (χ1n) is 7.82. The van der Waals surface area contributed by atoms with Crippen molar-refractivity contribution < 1.29 is 14.3 Å². The van der Waals surface area contributed by atoms with Gasteiger partial charge in [0.25, 0.3) is 0 Å². The molecule has 1 aromatic carbocycles. The van der Waals surface area contributed by atoms with E-state index in [4.69, 9.17) is 5.73 Å². The number of benzene rings is 1. The number of nitrogens with one attached hydrogen (secondary N) is 1. The molecule has 6 nitrogen and oxygen atoms in total. The van der Waals surface area contributed by atoms with Gasteiger partial charge in [-0.1, -0.05) is 12.1 Å². The Morgan fingerprint density at radius 1 is 1.26 bits per heavy atom. The molecule has 1 heterocycles. The van der Waals surface area contributed by atoms with E-state index in [2.05, 4.69) is 15.0 Å². The van der Waals surface area contributed by atoms with Gasteiger partial charge < -0.3 is 20.7 Å². The van der Waals surface area contributed by atoms with Crippen molar-refractivity contribution in [2.45, 2.75) is 31.3 Å². The molecule has 23 heavy (non-hydrogen) atoms. The Kier molecular flexibility index (Phi) is 5.38. The smallest absolute Gasteiger partial charge is 0.337 e. The molecule has 1 saturated heterocycles. The molecular weight excluding hydrogens is 294 g/mol. The number of nitrogens with zero attached hydrogens (tertiary/aromatic N) is 1. The van der Waals surface area contributed by atoms with Crippen LogP contribution in [0.25, 0.3) is 0 Å². The number of nitrogens with two attached hydrogens (primary N) is 1. The average Bonchev–Trinajstić information content (AvgIpc) is 2.57. The lowest BCUT2D eigenvalue weighted by Gasteiger charge is -2.37. The van der Waals surface area contributed by atoms with E-state index in [1.54, 1.807) is 12.1 Å². The van der Waals surface area contributed by atoms with E-state index in [1.807, 2.05) is 26.1 Å². The largest absolute Gasteiger partial charge is 0.465 e. The number of esters is 1. The molecule has 1 aromatic rings. The molecule has 1 fully saturated rings. The highest BCUT2D eigenvalue weighted by atomic mass is 16.5. The lowest BCUT2D eigenvalue weighted by molar-refractivity contribution is -0.128. The van der Waals surface area contributed by atoms with Crippen molar-refractivity contribution in [3.8, 4) is 0 Å². The Morgan fingerprint density at radius 3 is 2.35 bits per heavy atom. The van der Waals surface area contributed by atoms with Crippen LogP contribution >= 0.6 is 0 Å². The summed E-state index contributed by atoms with van der Waals surface area (Å²) in [6.45, 7) is 3.56. The second-order valence-electron chi connectivity index (χ2n) is 6.27. The summed E-state index contributed by atoms with van der Waals surface area (Å²) in [6, 6.07) is 6.84. The maximum atomic E-state index is 12.5. The van der Waals surface area contributed by atoms with Crippen LogP contribution in [0.2, 0.25) is 0 Å². The fraction of sp³-hybridized carbons (Fsp3) is 0.529. The van der Waals surface area contributed by atoms with Crippen molar-refractivity contribution in [3.05, 3.63) is 35.4 Å². The molecule has 126 valence electrons. The van der Waals surface area contributed by atoms with Crippen molar-refractivity contribution in [1.82, 2.24) is 10.2 Å². The number of likely N-dealkylation sites (tertiary alicyclic amines) is 1. The normalized spacial score (nSPS) is 19.0. The fourth-order valence-electron chi connectivity index (χ4n) is 2.69. The molecule has 0 aromatic heterocycles. The molecule has 1 aliphatic rings. The zero-order valence-corrected chi connectivity index (χ0v) is 14.0. The predicted molar refractivity (Wildman–Crippen MR) is 88.0 cm³/mol. The fourth-order valence-corrected chi connectivity index (χ4v) is 2.69. The quantitative estimate of drug-likeness (QED) is 0.811. The van der Waals surface area contributed by atoms with E-state index in [0.717, 1.165) is 18.7 Å². The number of carbonyl (C=O) groups is 2. The van der Waals surface area contributed by atoms with Gasteiger partial charge in [-0.15, -0.1) is 0 Å². The third-order valence-corrected chi connectivity index (χ3v) is 4.51. The third kappa shape index (κ3) is 4.09. The summed E-state index contributed by atoms with van der Waals surface area (Å²) < 4.78 is 4.67. The Hall–Kier alpha value is -1.92. The number of amides is 1. The Labute approximate surface area is 137 Å². The zero-order chi connectivity index (χ0) is 17.0. The lowest BCUT2D eigenvalue weighted by Crippen LogP contribution is -2.59. The van der Waals surface area contributed by atoms with E-state index in [9.17, 15) is 9.59 Å². The minimum atomic E-state index is -0.799. The summed E-state index contributed by atoms with van der Waals surface area (Å²) in [4.78, 5) is 26.1. The van der Waals surface area contributed by atoms with Crippen molar-refractivity contribution >= 4 is 11.9 Å². The van der Waals surface area contributed by atoms with Crippen molar-refractivity contribution in [2.24, 2.45) is 5.73 Å². The van der Waals surface area contributed by atoms with Gasteiger partial charge in [0.1, 0.15) is 0 Å². The topological polar surface area (TPSA) is 84.7 Å². The molecule has 0 radical (unpaired) electrons. The van der Waals surface area contributed by atoms with Crippen LogP contribution in [0.4, 0.5) is 0 Å². The van der Waals surface area contributed by atoms with Gasteiger partial charge in [0.2, 0.25) is 5.91 Å². The maximum absolute atomic E-state index is 12.5. The van der Waals surface area contributed by atoms with Crippen LogP contribution in [0, 0.1) is 0 Å². The van der Waals surface area contributed by atoms with Gasteiger partial charge in [-0.05, 0) is 44.5 Å². The number of methoxy groups -OCH3 is 1. The first-order chi connectivity index (χ1) is 10.9. The number of hydrogen-bond acceptors (Lipinski definition) is 5. The van der Waals surface area contributed by atoms with Crippen molar-refractivity contribution in [3.63, 3.8) is 0 Å². The molecule has 1 atom stereocenters. The molecular formula is C17H25N3O3. The van der Waals surface area contributed by atoms with E-state index in [0.29, 0.717) is 18.4 Å². The lowest BCUT2D eigenvalue weighted by atomic mass is 9.87. The Morgan fingerprint density at radius 2 is 1.83 bits per heavy atom. The number of ether oxygens (including phenoxy) is 1. The van der Waals surface area contributed by atoms with Crippen molar-refractivity contribution in [2.75, 3.05) is 27.2 Å². The SMILES string of the molecule is COC(=O)c1ccc([C@H](C)NC(=O)C2(N)CCN(C)CC2)cc1. The monoisotopic (exact) mass is 319 g/mol. The number of piperidine rings is 1. The second kappa shape index (κ2) is 7.10. The minimum Gasteiger partial charge on any atom is -0.465 e. The molecule has 0 saturated carbocycles. The Balaban J connectivity index is 1.99. The summed E-state index contributed by atoms with van der Waals surface area (Å²) in [5.41, 5.74) is 6.88. The summed E-state index contributed by atoms with van der Waals surface area (Å²) in [5.74, 6) is -0.490. The first kappa shape index (κ1) is 17.4. The molecule has 1 aliphatic heterocycles. The highest BCUT2D eigenvalue weighted by Crippen LogP contribution is 2.21. The van der Waals surface area contributed by atoms with Crippen LogP contribution in [0.5, 0.6) is 0 Å². The van der Waals surface area contributed by atoms with E-state index in [-0.39, 0.29) is 17.9 Å². The number of rotatable bonds is 4. The van der Waals surface area contributed by atoms with Crippen molar-refractivity contribution in [1.29, 1.82) is 0 Å². The average molecular weight is 319 g/mol. The van der Waals surface area contributed by atoms with E-state index in [1.165, 1.54) is 7.11 Å². The molecule has 0 bridgehead atoms. The molecule has 1 amide bonds. The van der Waals surface area contributed by atoms with Gasteiger partial charge in [-0.25, -0.2) is 4.79 Å². The summed E-state index contributed by atoms with van der Waals surface area (Å²) in [7, 11) is 3.38. The first-order valence-corrected chi connectivity index (χ1v) is 7.82. The maximum Gasteiger partial charge on any atom is 0.337 e. The van der Waals surface area contributed by atoms with Crippen LogP contribution in [-0.2, 0) is 9.53 Å². The highest BCUT2D eigenvalue weighted by Gasteiger charge is 2.37. The molecule has 0 spiro atoms. The van der Waals surface area contributed by atoms with Crippen LogP contribution in [-0.4, -0.2) is 49.6 Å². The standard InChI is InChI=1S/C17H25N3O3/c1-12(13-4-6-14(7-5-13)15(21)23-3)19-16(22)17(18)8-10-20(2)11-9-17/h4-7,12H,8-11,18H2,1-3H3,(H,19,22)/t12-/m0/s1. The minimum absolute atomic E-state index is 0.116. The molecule has 2 rings (SSSR count).